The number of para-hydroxylation sites is 1. The van der Waals surface area contributed by atoms with Crippen molar-refractivity contribution in [3.8, 4) is 32.6 Å². The molecule has 7 heteroatoms. The molecule has 0 aliphatic carbocycles. The molecule has 0 spiro atoms. The van der Waals surface area contributed by atoms with Crippen molar-refractivity contribution in [3.63, 3.8) is 0 Å². The molecule has 12 aromatic rings. The van der Waals surface area contributed by atoms with Gasteiger partial charge in [-0.2, -0.15) is 0 Å². The number of oxazole rings is 1. The van der Waals surface area contributed by atoms with Gasteiger partial charge in [-0.3, -0.25) is 0 Å². The minimum absolute atomic E-state index is 0.00953. The minimum Gasteiger partial charge on any atom is -0.436 e. The van der Waals surface area contributed by atoms with Crippen LogP contribution >= 0.6 is 22.7 Å². The Morgan fingerprint density at radius 1 is 0.414 bits per heavy atom. The van der Waals surface area contributed by atoms with Crippen LogP contribution in [0.5, 0.6) is 0 Å². The largest absolute Gasteiger partial charge is 0.436 e. The van der Waals surface area contributed by atoms with Crippen LogP contribution in [0.2, 0.25) is 0 Å². The number of nitrogens with zero attached hydrogens (tertiary/aromatic N) is 3. The molecule has 0 amide bonds. The number of thiazole rings is 2. The first-order chi connectivity index (χ1) is 28.7. The van der Waals surface area contributed by atoms with Gasteiger partial charge in [0.1, 0.15) is 15.5 Å². The molecule has 0 bridgehead atoms. The average molecular weight is 776 g/mol. The molecule has 0 N–H and O–H groups in total. The average Bonchev–Trinajstić information content (AvgIpc) is 4.04. The molecule has 270 valence electrons. The van der Waals surface area contributed by atoms with Gasteiger partial charge in [0.25, 0.3) is 0 Å². The van der Waals surface area contributed by atoms with E-state index in [0.29, 0.717) is 5.89 Å². The molecule has 0 unspecified atom stereocenters. The van der Waals surface area contributed by atoms with E-state index >= 15 is 0 Å². The van der Waals surface area contributed by atoms with Crippen LogP contribution in [0.4, 0.5) is 0 Å². The SMILES string of the molecule is c1ccc2cc3oc(-c4ccc(B(c5ccc(-c6nc7ccccc7s6)cc5)c5ccc(-c6nc7c8ccccc8c8ccccc8c7s6)cc5)cc4)nc3cc2c1. The normalized spacial score (nSPS) is 11.8. The summed E-state index contributed by atoms with van der Waals surface area (Å²) in [5.41, 5.74) is 10.5. The first-order valence-corrected chi connectivity index (χ1v) is 21.0. The van der Waals surface area contributed by atoms with Crippen molar-refractivity contribution in [2.75, 3.05) is 0 Å². The van der Waals surface area contributed by atoms with Gasteiger partial charge in [0, 0.05) is 27.5 Å². The molecule has 0 fully saturated rings. The van der Waals surface area contributed by atoms with Gasteiger partial charge < -0.3 is 4.42 Å². The molecule has 3 aromatic heterocycles. The summed E-state index contributed by atoms with van der Waals surface area (Å²) in [6, 6.07) is 64.7. The first-order valence-electron chi connectivity index (χ1n) is 19.4. The van der Waals surface area contributed by atoms with Crippen molar-refractivity contribution in [1.82, 2.24) is 15.0 Å². The maximum absolute atomic E-state index is 6.31. The number of benzene rings is 9. The minimum atomic E-state index is -0.00953. The Morgan fingerprint density at radius 2 is 0.948 bits per heavy atom. The van der Waals surface area contributed by atoms with Crippen molar-refractivity contribution < 1.29 is 4.42 Å². The third-order valence-electron chi connectivity index (χ3n) is 11.3. The summed E-state index contributed by atoms with van der Waals surface area (Å²) in [6.07, 6.45) is 0. The highest BCUT2D eigenvalue weighted by Gasteiger charge is 2.24. The van der Waals surface area contributed by atoms with Crippen LogP contribution in [-0.2, 0) is 0 Å². The van der Waals surface area contributed by atoms with E-state index in [4.69, 9.17) is 19.4 Å². The Balaban J connectivity index is 0.933. The zero-order valence-electron chi connectivity index (χ0n) is 31.0. The highest BCUT2D eigenvalue weighted by atomic mass is 32.1. The molecule has 0 saturated carbocycles. The molecular weight excluding hydrogens is 746 g/mol. The standard InChI is InChI=1S/C51H30BN3OS2/c1-2-10-35-30-45-44(29-34(35)9-1)53-49(56-45)31-17-23-36(24-18-31)52(37-25-19-32(20-26-37)50-54-43-15-7-8-16-46(43)57-50)38-27-21-33(22-28-38)51-55-47-41-13-5-3-11-39(41)40-12-4-6-14-42(40)48(47)58-51/h1-30H. The van der Waals surface area contributed by atoms with Crippen molar-refractivity contribution in [3.05, 3.63) is 182 Å². The van der Waals surface area contributed by atoms with Crippen molar-refractivity contribution in [2.24, 2.45) is 0 Å². The summed E-state index contributed by atoms with van der Waals surface area (Å²) >= 11 is 3.50. The molecule has 4 nitrogen and oxygen atoms in total. The molecule has 0 atom stereocenters. The fourth-order valence-electron chi connectivity index (χ4n) is 8.41. The first kappa shape index (κ1) is 33.2. The zero-order chi connectivity index (χ0) is 38.2. The summed E-state index contributed by atoms with van der Waals surface area (Å²) in [7, 11) is 0. The molecular formula is C51H30BN3OS2. The van der Waals surface area contributed by atoms with Gasteiger partial charge in [-0.15, -0.1) is 22.7 Å². The van der Waals surface area contributed by atoms with E-state index in [-0.39, 0.29) is 6.71 Å². The van der Waals surface area contributed by atoms with E-state index < -0.39 is 0 Å². The summed E-state index contributed by atoms with van der Waals surface area (Å²) in [4.78, 5) is 15.1. The number of rotatable bonds is 6. The Hall–Kier alpha value is -6.93. The molecule has 12 rings (SSSR count). The second kappa shape index (κ2) is 13.3. The van der Waals surface area contributed by atoms with Crippen molar-refractivity contribution >= 4 is 110 Å². The zero-order valence-corrected chi connectivity index (χ0v) is 32.6. The van der Waals surface area contributed by atoms with Crippen molar-refractivity contribution in [2.45, 2.75) is 0 Å². The third-order valence-corrected chi connectivity index (χ3v) is 13.5. The topological polar surface area (TPSA) is 51.8 Å². The monoisotopic (exact) mass is 775 g/mol. The molecule has 9 aromatic carbocycles. The fourth-order valence-corrected chi connectivity index (χ4v) is 10.5. The van der Waals surface area contributed by atoms with E-state index in [0.717, 1.165) is 59.6 Å². The van der Waals surface area contributed by atoms with Crippen LogP contribution < -0.4 is 16.4 Å². The molecule has 0 saturated heterocycles. The van der Waals surface area contributed by atoms with Gasteiger partial charge in [0.05, 0.1) is 20.4 Å². The second-order valence-electron chi connectivity index (χ2n) is 14.8. The molecule has 0 aliphatic rings. The number of hydrogen-bond donors (Lipinski definition) is 0. The van der Waals surface area contributed by atoms with E-state index in [9.17, 15) is 0 Å². The maximum atomic E-state index is 6.31. The summed E-state index contributed by atoms with van der Waals surface area (Å²) in [5, 5.41) is 9.30. The summed E-state index contributed by atoms with van der Waals surface area (Å²) in [5.74, 6) is 0.620. The van der Waals surface area contributed by atoms with E-state index in [1.807, 2.05) is 12.1 Å². The molecule has 58 heavy (non-hydrogen) atoms. The van der Waals surface area contributed by atoms with Crippen LogP contribution in [0.1, 0.15) is 0 Å². The van der Waals surface area contributed by atoms with Crippen LogP contribution in [0.25, 0.3) is 96.4 Å². The smallest absolute Gasteiger partial charge is 0.241 e. The highest BCUT2D eigenvalue weighted by molar-refractivity contribution is 7.23. The van der Waals surface area contributed by atoms with Crippen molar-refractivity contribution in [1.29, 1.82) is 0 Å². The molecule has 0 radical (unpaired) electrons. The number of aromatic nitrogens is 3. The Kier molecular flexibility index (Phi) is 7.65. The van der Waals surface area contributed by atoms with Gasteiger partial charge in [0.15, 0.2) is 5.58 Å². The van der Waals surface area contributed by atoms with Gasteiger partial charge in [-0.1, -0.05) is 174 Å². The maximum Gasteiger partial charge on any atom is 0.241 e. The lowest BCUT2D eigenvalue weighted by Crippen LogP contribution is -2.51. The lowest BCUT2D eigenvalue weighted by Gasteiger charge is -2.17. The third kappa shape index (κ3) is 5.54. The molecule has 3 heterocycles. The van der Waals surface area contributed by atoms with E-state index in [1.165, 1.54) is 47.3 Å². The predicted molar refractivity (Wildman–Crippen MR) is 247 cm³/mol. The van der Waals surface area contributed by atoms with Gasteiger partial charge >= 0.3 is 0 Å². The predicted octanol–water partition coefficient (Wildman–Crippen LogP) is 12.0. The summed E-state index contributed by atoms with van der Waals surface area (Å²) in [6.45, 7) is -0.00953. The van der Waals surface area contributed by atoms with Crippen LogP contribution in [0.3, 0.4) is 0 Å². The van der Waals surface area contributed by atoms with Crippen LogP contribution in [0, 0.1) is 0 Å². The Labute approximate surface area is 341 Å². The van der Waals surface area contributed by atoms with Crippen LogP contribution in [-0.4, -0.2) is 21.7 Å². The second-order valence-corrected chi connectivity index (χ2v) is 16.8. The highest BCUT2D eigenvalue weighted by Crippen LogP contribution is 2.40. The number of hydrogen-bond acceptors (Lipinski definition) is 6. The van der Waals surface area contributed by atoms with Gasteiger partial charge in [-0.05, 0) is 45.8 Å². The lowest BCUT2D eigenvalue weighted by atomic mass is 9.37. The van der Waals surface area contributed by atoms with Gasteiger partial charge in [0.2, 0.25) is 12.6 Å². The molecule has 0 aliphatic heterocycles. The lowest BCUT2D eigenvalue weighted by molar-refractivity contribution is 0.620. The summed E-state index contributed by atoms with van der Waals surface area (Å²) < 4.78 is 8.74. The van der Waals surface area contributed by atoms with E-state index in [2.05, 4.69) is 170 Å². The Morgan fingerprint density at radius 3 is 1.62 bits per heavy atom. The fraction of sp³-hybridized carbons (Fsp3) is 0. The van der Waals surface area contributed by atoms with Gasteiger partial charge in [-0.25, -0.2) is 15.0 Å². The van der Waals surface area contributed by atoms with E-state index in [1.54, 1.807) is 22.7 Å². The van der Waals surface area contributed by atoms with Crippen LogP contribution in [0.15, 0.2) is 186 Å². The number of fused-ring (bicyclic) bond motifs is 9. The Bertz CT molecular complexity index is 3360. The quantitative estimate of drug-likeness (QED) is 0.125.